The average molecular weight is 668 g/mol. The van der Waals surface area contributed by atoms with Crippen LogP contribution in [0.3, 0.4) is 0 Å². The highest BCUT2D eigenvalue weighted by atomic mass is 32.2. The Labute approximate surface area is 268 Å². The number of nitrogens with two attached hydrogens (primary N) is 1. The molecule has 14 heteroatoms. The summed E-state index contributed by atoms with van der Waals surface area (Å²) < 4.78 is 80.3. The largest absolute Gasteiger partial charge is 0.446 e. The van der Waals surface area contributed by atoms with E-state index in [2.05, 4.69) is 5.32 Å². The van der Waals surface area contributed by atoms with Gasteiger partial charge in [0.15, 0.2) is 6.29 Å². The van der Waals surface area contributed by atoms with Crippen molar-refractivity contribution in [3.05, 3.63) is 59.2 Å². The number of benzene rings is 2. The Balaban J connectivity index is 1.39. The number of nitrogen functional groups attached to an aromatic ring is 1. The smallest absolute Gasteiger partial charge is 0.407 e. The number of aliphatic hydroxyl groups excluding tert-OH is 1. The van der Waals surface area contributed by atoms with Gasteiger partial charge in [-0.3, -0.25) is 0 Å². The summed E-state index contributed by atoms with van der Waals surface area (Å²) in [4.78, 5) is 13.2. The van der Waals surface area contributed by atoms with Crippen molar-refractivity contribution in [3.8, 4) is 0 Å². The number of rotatable bonds is 7. The van der Waals surface area contributed by atoms with E-state index in [4.69, 9.17) is 24.7 Å². The van der Waals surface area contributed by atoms with Crippen LogP contribution in [0, 0.1) is 17.6 Å². The number of hydrogen-bond acceptors (Lipinski definition) is 9. The van der Waals surface area contributed by atoms with E-state index in [1.54, 1.807) is 6.07 Å². The quantitative estimate of drug-likeness (QED) is 0.374. The normalized spacial score (nSPS) is 25.5. The Morgan fingerprint density at radius 1 is 1.02 bits per heavy atom. The van der Waals surface area contributed by atoms with Crippen LogP contribution in [0.5, 0.6) is 0 Å². The molecule has 2 aromatic rings. The summed E-state index contributed by atoms with van der Waals surface area (Å²) in [7, 11) is -4.17. The maximum absolute atomic E-state index is 14.1. The van der Waals surface area contributed by atoms with Gasteiger partial charge in [0.2, 0.25) is 10.0 Å². The number of fused-ring (bicyclic) bond motifs is 2. The zero-order chi connectivity index (χ0) is 32.7. The van der Waals surface area contributed by atoms with Gasteiger partial charge in [-0.15, -0.1) is 0 Å². The second kappa shape index (κ2) is 15.8. The van der Waals surface area contributed by atoms with E-state index in [9.17, 15) is 27.1 Å². The van der Waals surface area contributed by atoms with E-state index >= 15 is 0 Å². The molecule has 3 aliphatic heterocycles. The standard InChI is InChI=1S/C32H43F2N3O8S/c33-23-14-21(15-24(34)18-23)16-27(36-32(39)45-29-9-13-44-31-26(29)8-12-43-31)28(38)19-37-10-4-2-1-3-5-11-42-20-22-17-25(35)6-7-30(22)46(37,40)41/h6-7,14-15,17-18,26-29,31,38H,1-5,8-13,16,19-20,35H2,(H,36,39)/t26-,27-,28+,29-,31+/m0/s1. The van der Waals surface area contributed by atoms with Crippen LogP contribution < -0.4 is 11.1 Å². The van der Waals surface area contributed by atoms with E-state index in [-0.39, 0.29) is 35.9 Å². The van der Waals surface area contributed by atoms with Crippen LogP contribution >= 0.6 is 0 Å². The minimum Gasteiger partial charge on any atom is -0.446 e. The zero-order valence-electron chi connectivity index (χ0n) is 25.7. The van der Waals surface area contributed by atoms with Crippen LogP contribution in [-0.2, 0) is 42.0 Å². The van der Waals surface area contributed by atoms with Gasteiger partial charge >= 0.3 is 6.09 Å². The molecule has 5 atom stereocenters. The van der Waals surface area contributed by atoms with Gasteiger partial charge < -0.3 is 35.1 Å². The van der Waals surface area contributed by atoms with E-state index in [0.717, 1.165) is 43.9 Å². The van der Waals surface area contributed by atoms with Crippen LogP contribution in [0.2, 0.25) is 0 Å². The first-order valence-electron chi connectivity index (χ1n) is 15.9. The van der Waals surface area contributed by atoms with Crippen molar-refractivity contribution >= 4 is 21.8 Å². The molecule has 0 aliphatic carbocycles. The van der Waals surface area contributed by atoms with Gasteiger partial charge in [0.25, 0.3) is 0 Å². The Hall–Kier alpha value is -2.88. The van der Waals surface area contributed by atoms with Gasteiger partial charge in [-0.25, -0.2) is 22.0 Å². The SMILES string of the molecule is Nc1ccc2c(c1)COCCCCCCCN(C[C@@H](O)[C@H](Cc1cc(F)cc(F)c1)NC(=O)O[C@H]1CCO[C@H]3OCC[C@H]31)S2(=O)=O. The molecule has 254 valence electrons. The number of carbonyl (C=O) groups is 1. The highest BCUT2D eigenvalue weighted by Gasteiger charge is 2.41. The van der Waals surface area contributed by atoms with Gasteiger partial charge in [-0.1, -0.05) is 19.3 Å². The van der Waals surface area contributed by atoms with Crippen molar-refractivity contribution in [1.29, 1.82) is 0 Å². The number of ether oxygens (including phenoxy) is 4. The molecule has 4 N–H and O–H groups in total. The number of nitrogens with one attached hydrogen (secondary N) is 1. The second-order valence-electron chi connectivity index (χ2n) is 12.1. The summed E-state index contributed by atoms with van der Waals surface area (Å²) in [6.45, 7) is 1.08. The molecule has 0 unspecified atom stereocenters. The van der Waals surface area contributed by atoms with Crippen molar-refractivity contribution < 1.29 is 46.0 Å². The number of halogens is 2. The molecular formula is C32H43F2N3O8S. The lowest BCUT2D eigenvalue weighted by atomic mass is 9.95. The Morgan fingerprint density at radius 3 is 2.52 bits per heavy atom. The van der Waals surface area contributed by atoms with Gasteiger partial charge in [0, 0.05) is 43.8 Å². The maximum Gasteiger partial charge on any atom is 0.407 e. The first kappa shape index (κ1) is 34.5. The van der Waals surface area contributed by atoms with Gasteiger partial charge in [0.05, 0.1) is 36.9 Å². The lowest BCUT2D eigenvalue weighted by Gasteiger charge is -2.33. The van der Waals surface area contributed by atoms with Crippen LogP contribution in [-0.4, -0.2) is 81.4 Å². The number of hydrogen-bond donors (Lipinski definition) is 3. The number of anilines is 1. The first-order chi connectivity index (χ1) is 22.1. The summed E-state index contributed by atoms with van der Waals surface area (Å²) in [5, 5.41) is 14.2. The molecule has 0 aromatic heterocycles. The van der Waals surface area contributed by atoms with Crippen LogP contribution in [0.15, 0.2) is 41.3 Å². The first-order valence-corrected chi connectivity index (χ1v) is 17.3. The third kappa shape index (κ3) is 8.92. The molecule has 0 radical (unpaired) electrons. The summed E-state index contributed by atoms with van der Waals surface area (Å²) in [6.07, 6.45) is 1.62. The zero-order valence-corrected chi connectivity index (χ0v) is 26.6. The van der Waals surface area contributed by atoms with E-state index in [1.165, 1.54) is 16.4 Å². The molecule has 0 spiro atoms. The van der Waals surface area contributed by atoms with Crippen molar-refractivity contribution in [3.63, 3.8) is 0 Å². The predicted octanol–water partition coefficient (Wildman–Crippen LogP) is 3.87. The van der Waals surface area contributed by atoms with E-state index in [1.807, 2.05) is 0 Å². The van der Waals surface area contributed by atoms with Crippen molar-refractivity contribution in [2.75, 3.05) is 38.6 Å². The van der Waals surface area contributed by atoms with Crippen LogP contribution in [0.25, 0.3) is 0 Å². The average Bonchev–Trinajstić information content (AvgIpc) is 3.48. The lowest BCUT2D eigenvalue weighted by Crippen LogP contribution is -2.52. The third-order valence-electron chi connectivity index (χ3n) is 8.70. The van der Waals surface area contributed by atoms with Gasteiger partial charge in [0.1, 0.15) is 17.7 Å². The predicted molar refractivity (Wildman–Crippen MR) is 164 cm³/mol. The highest BCUT2D eigenvalue weighted by Crippen LogP contribution is 2.33. The van der Waals surface area contributed by atoms with Crippen molar-refractivity contribution in [2.45, 2.75) is 87.4 Å². The number of amides is 1. The summed E-state index contributed by atoms with van der Waals surface area (Å²) in [6, 6.07) is 6.27. The fraction of sp³-hybridized carbons (Fsp3) is 0.594. The van der Waals surface area contributed by atoms with Crippen molar-refractivity contribution in [1.82, 2.24) is 9.62 Å². The number of nitrogens with zero attached hydrogens (tertiary/aromatic N) is 1. The third-order valence-corrected chi connectivity index (χ3v) is 10.7. The lowest BCUT2D eigenvalue weighted by molar-refractivity contribution is -0.179. The van der Waals surface area contributed by atoms with Crippen LogP contribution in [0.4, 0.5) is 19.3 Å². The number of aliphatic hydroxyl groups is 1. The minimum absolute atomic E-state index is 0.0112. The van der Waals surface area contributed by atoms with E-state index < -0.39 is 58.8 Å². The molecule has 0 bridgehead atoms. The molecule has 11 nitrogen and oxygen atoms in total. The summed E-state index contributed by atoms with van der Waals surface area (Å²) >= 11 is 0. The fourth-order valence-electron chi connectivity index (χ4n) is 6.32. The highest BCUT2D eigenvalue weighted by molar-refractivity contribution is 7.89. The minimum atomic E-state index is -4.17. The van der Waals surface area contributed by atoms with Gasteiger partial charge in [-0.05, 0) is 67.1 Å². The number of β-amino-alcohol motifs (C(OH)–C–C–N with tert-alkyl or cyclic N) is 1. The molecule has 2 saturated heterocycles. The Bertz CT molecular complexity index is 1430. The topological polar surface area (TPSA) is 150 Å². The maximum atomic E-state index is 14.1. The second-order valence-corrected chi connectivity index (χ2v) is 14.1. The molecule has 5 rings (SSSR count). The summed E-state index contributed by atoms with van der Waals surface area (Å²) in [5.41, 5.74) is 6.94. The number of carbonyl (C=O) groups excluding carboxylic acids is 1. The molecular weight excluding hydrogens is 624 g/mol. The number of sulfonamides is 1. The molecule has 2 fully saturated rings. The molecule has 3 heterocycles. The molecule has 3 aliphatic rings. The number of alkyl carbamates (subject to hydrolysis) is 1. The molecule has 46 heavy (non-hydrogen) atoms. The molecule has 1 amide bonds. The van der Waals surface area contributed by atoms with Gasteiger partial charge in [-0.2, -0.15) is 4.31 Å². The molecule has 2 aromatic carbocycles. The summed E-state index contributed by atoms with van der Waals surface area (Å²) in [5.74, 6) is -1.78. The molecule has 0 saturated carbocycles. The fourth-order valence-corrected chi connectivity index (χ4v) is 8.00. The Kier molecular flexibility index (Phi) is 11.8. The van der Waals surface area contributed by atoms with Crippen molar-refractivity contribution in [2.24, 2.45) is 5.92 Å². The van der Waals surface area contributed by atoms with E-state index in [0.29, 0.717) is 50.3 Å². The monoisotopic (exact) mass is 667 g/mol. The van der Waals surface area contributed by atoms with Crippen LogP contribution in [0.1, 0.15) is 56.1 Å². The Morgan fingerprint density at radius 2 is 1.74 bits per heavy atom.